The van der Waals surface area contributed by atoms with Gasteiger partial charge in [-0.2, -0.15) is 0 Å². The third-order valence-electron chi connectivity index (χ3n) is 4.00. The Morgan fingerprint density at radius 1 is 1.43 bits per heavy atom. The molecular weight excluding hydrogens is 268 g/mol. The van der Waals surface area contributed by atoms with Crippen molar-refractivity contribution >= 4 is 5.84 Å². The third kappa shape index (κ3) is 4.74. The van der Waals surface area contributed by atoms with Crippen molar-refractivity contribution in [3.63, 3.8) is 0 Å². The summed E-state index contributed by atoms with van der Waals surface area (Å²) in [7, 11) is 0. The lowest BCUT2D eigenvalue weighted by molar-refractivity contribution is 0.304. The third-order valence-corrected chi connectivity index (χ3v) is 4.00. The highest BCUT2D eigenvalue weighted by Gasteiger charge is 2.22. The second-order valence-corrected chi connectivity index (χ2v) is 6.24. The maximum absolute atomic E-state index is 8.74. The summed E-state index contributed by atoms with van der Waals surface area (Å²) in [6, 6.07) is 0.230. The Bertz CT molecular complexity index is 461. The Morgan fingerprint density at radius 2 is 2.10 bits per heavy atom. The van der Waals surface area contributed by atoms with Gasteiger partial charge in [-0.1, -0.05) is 30.6 Å². The van der Waals surface area contributed by atoms with E-state index in [-0.39, 0.29) is 11.5 Å². The average Bonchev–Trinajstić information content (AvgIpc) is 2.76. The number of nitrogens with two attached hydrogens (primary N) is 1. The van der Waals surface area contributed by atoms with Crippen molar-refractivity contribution in [3.05, 3.63) is 17.0 Å². The molecule has 6 heteroatoms. The van der Waals surface area contributed by atoms with Gasteiger partial charge < -0.3 is 20.8 Å². The first-order chi connectivity index (χ1) is 9.79. The van der Waals surface area contributed by atoms with Gasteiger partial charge in [-0.3, -0.25) is 0 Å². The van der Waals surface area contributed by atoms with E-state index in [4.69, 9.17) is 15.5 Å². The quantitative estimate of drug-likeness (QED) is 0.225. The molecular formula is C15H28N4O2. The van der Waals surface area contributed by atoms with E-state index in [9.17, 15) is 0 Å². The van der Waals surface area contributed by atoms with E-state index in [0.717, 1.165) is 42.8 Å². The maximum atomic E-state index is 8.74. The largest absolute Gasteiger partial charge is 0.409 e. The van der Waals surface area contributed by atoms with Gasteiger partial charge in [0.25, 0.3) is 0 Å². The fourth-order valence-corrected chi connectivity index (χ4v) is 2.48. The van der Waals surface area contributed by atoms with E-state index in [1.165, 1.54) is 0 Å². The normalized spacial score (nSPS) is 14.4. The van der Waals surface area contributed by atoms with Crippen LogP contribution in [0.2, 0.25) is 0 Å². The van der Waals surface area contributed by atoms with Crippen molar-refractivity contribution in [3.8, 4) is 0 Å². The van der Waals surface area contributed by atoms with Gasteiger partial charge in [0.2, 0.25) is 0 Å². The number of nitrogens with zero attached hydrogens (tertiary/aromatic N) is 2. The molecule has 0 saturated heterocycles. The molecule has 0 aliphatic carbocycles. The van der Waals surface area contributed by atoms with Gasteiger partial charge in [0, 0.05) is 17.0 Å². The molecule has 1 aromatic heterocycles. The number of unbranched alkanes of at least 4 members (excludes halogenated alkanes) is 1. The summed E-state index contributed by atoms with van der Waals surface area (Å²) >= 11 is 0. The molecule has 4 N–H and O–H groups in total. The number of aromatic nitrogens is 1. The number of nitrogens with one attached hydrogen (secondary N) is 1. The van der Waals surface area contributed by atoms with Crippen molar-refractivity contribution in [2.24, 2.45) is 16.3 Å². The van der Waals surface area contributed by atoms with E-state index in [1.807, 2.05) is 27.7 Å². The lowest BCUT2D eigenvalue weighted by Gasteiger charge is -2.22. The predicted octanol–water partition coefficient (Wildman–Crippen LogP) is 2.88. The number of hydrogen-bond acceptors (Lipinski definition) is 5. The molecule has 0 fully saturated rings. The number of amidine groups is 1. The lowest BCUT2D eigenvalue weighted by Crippen LogP contribution is -2.32. The van der Waals surface area contributed by atoms with Gasteiger partial charge in [-0.15, -0.1) is 0 Å². The van der Waals surface area contributed by atoms with Gasteiger partial charge in [0.15, 0.2) is 0 Å². The van der Waals surface area contributed by atoms with Crippen LogP contribution in [0.15, 0.2) is 9.68 Å². The Morgan fingerprint density at radius 3 is 2.62 bits per heavy atom. The molecule has 0 saturated carbocycles. The molecule has 0 radical (unpaired) electrons. The van der Waals surface area contributed by atoms with Crippen LogP contribution in [-0.2, 0) is 0 Å². The van der Waals surface area contributed by atoms with Gasteiger partial charge in [-0.05, 0) is 40.2 Å². The molecule has 0 aliphatic heterocycles. The Balaban J connectivity index is 2.32. The summed E-state index contributed by atoms with van der Waals surface area (Å²) in [5.74, 6) is 1.17. The van der Waals surface area contributed by atoms with Crippen molar-refractivity contribution in [1.82, 2.24) is 10.5 Å². The van der Waals surface area contributed by atoms with Crippen LogP contribution in [0.25, 0.3) is 0 Å². The van der Waals surface area contributed by atoms with Crippen LogP contribution in [0.3, 0.4) is 0 Å². The Hall–Kier alpha value is -1.56. The molecule has 1 atom stereocenters. The summed E-state index contributed by atoms with van der Waals surface area (Å²) in [5.41, 5.74) is 7.51. The van der Waals surface area contributed by atoms with Crippen LogP contribution in [0.5, 0.6) is 0 Å². The number of aryl methyl sites for hydroxylation is 2. The molecule has 0 spiro atoms. The molecule has 0 aromatic carbocycles. The van der Waals surface area contributed by atoms with Crippen molar-refractivity contribution in [2.75, 3.05) is 6.54 Å². The molecule has 1 aromatic rings. The van der Waals surface area contributed by atoms with Crippen molar-refractivity contribution in [2.45, 2.75) is 59.9 Å². The van der Waals surface area contributed by atoms with Gasteiger partial charge >= 0.3 is 0 Å². The molecule has 21 heavy (non-hydrogen) atoms. The van der Waals surface area contributed by atoms with Gasteiger partial charge in [0.05, 0.1) is 5.69 Å². The Kier molecular flexibility index (Phi) is 6.20. The first-order valence-corrected chi connectivity index (χ1v) is 7.43. The molecule has 1 heterocycles. The Labute approximate surface area is 126 Å². The summed E-state index contributed by atoms with van der Waals surface area (Å²) in [6.07, 6.45) is 2.95. The van der Waals surface area contributed by atoms with Gasteiger partial charge in [-0.25, -0.2) is 0 Å². The van der Waals surface area contributed by atoms with Crippen molar-refractivity contribution in [1.29, 1.82) is 0 Å². The highest BCUT2D eigenvalue weighted by molar-refractivity contribution is 5.85. The van der Waals surface area contributed by atoms with E-state index in [1.54, 1.807) is 0 Å². The fourth-order valence-electron chi connectivity index (χ4n) is 2.48. The summed E-state index contributed by atoms with van der Waals surface area (Å²) in [4.78, 5) is 0. The number of hydrogen-bond donors (Lipinski definition) is 3. The summed E-state index contributed by atoms with van der Waals surface area (Å²) in [6.45, 7) is 10.9. The second kappa shape index (κ2) is 7.45. The minimum Gasteiger partial charge on any atom is -0.409 e. The van der Waals surface area contributed by atoms with Crippen LogP contribution in [0, 0.1) is 19.3 Å². The SMILES string of the molecule is Cc1noc(C)c1C(C)NCCCCC(C)(C)C(N)=NO. The zero-order valence-electron chi connectivity index (χ0n) is 13.7. The molecule has 0 amide bonds. The lowest BCUT2D eigenvalue weighted by atomic mass is 9.86. The first-order valence-electron chi connectivity index (χ1n) is 7.43. The highest BCUT2D eigenvalue weighted by Crippen LogP contribution is 2.24. The zero-order valence-corrected chi connectivity index (χ0v) is 13.7. The molecule has 120 valence electrons. The summed E-state index contributed by atoms with van der Waals surface area (Å²) < 4.78 is 5.19. The van der Waals surface area contributed by atoms with Crippen LogP contribution >= 0.6 is 0 Å². The van der Waals surface area contributed by atoms with E-state index < -0.39 is 0 Å². The molecule has 6 nitrogen and oxygen atoms in total. The monoisotopic (exact) mass is 296 g/mol. The predicted molar refractivity (Wildman–Crippen MR) is 83.4 cm³/mol. The summed E-state index contributed by atoms with van der Waals surface area (Å²) in [5, 5.41) is 19.3. The van der Waals surface area contributed by atoms with Crippen LogP contribution in [0.1, 0.15) is 63.1 Å². The number of oxime groups is 1. The average molecular weight is 296 g/mol. The minimum absolute atomic E-state index is 0.230. The standard InChI is InChI=1S/C15H28N4O2/c1-10(13-11(2)19-21-12(13)3)17-9-7-6-8-15(4,5)14(16)18-20/h10,17,20H,6-9H2,1-5H3,(H2,16,18). The molecule has 0 aliphatic rings. The first kappa shape index (κ1) is 17.5. The van der Waals surface area contributed by atoms with Crippen LogP contribution in [-0.4, -0.2) is 22.7 Å². The molecule has 0 bridgehead atoms. The topological polar surface area (TPSA) is 96.7 Å². The smallest absolute Gasteiger partial charge is 0.144 e. The molecule has 1 unspecified atom stereocenters. The number of rotatable bonds is 8. The van der Waals surface area contributed by atoms with Crippen LogP contribution < -0.4 is 11.1 Å². The highest BCUT2D eigenvalue weighted by atomic mass is 16.5. The van der Waals surface area contributed by atoms with Crippen molar-refractivity contribution < 1.29 is 9.73 Å². The molecule has 1 rings (SSSR count). The second-order valence-electron chi connectivity index (χ2n) is 6.24. The van der Waals surface area contributed by atoms with E-state index >= 15 is 0 Å². The van der Waals surface area contributed by atoms with E-state index in [2.05, 4.69) is 22.6 Å². The zero-order chi connectivity index (χ0) is 16.0. The maximum Gasteiger partial charge on any atom is 0.144 e. The van der Waals surface area contributed by atoms with Crippen LogP contribution in [0.4, 0.5) is 0 Å². The fraction of sp³-hybridized carbons (Fsp3) is 0.733. The minimum atomic E-state index is -0.262. The van der Waals surface area contributed by atoms with Gasteiger partial charge in [0.1, 0.15) is 11.6 Å². The van der Waals surface area contributed by atoms with E-state index in [0.29, 0.717) is 5.84 Å².